The zero-order valence-electron chi connectivity index (χ0n) is 15.7. The Morgan fingerprint density at radius 1 is 1.11 bits per heavy atom. The maximum absolute atomic E-state index is 12.9. The van der Waals surface area contributed by atoms with Crippen LogP contribution in [-0.4, -0.2) is 21.9 Å². The fourth-order valence-electron chi connectivity index (χ4n) is 5.84. The third-order valence-electron chi connectivity index (χ3n) is 6.63. The van der Waals surface area contributed by atoms with Gasteiger partial charge < -0.3 is 9.73 Å². The predicted molar refractivity (Wildman–Crippen MR) is 103 cm³/mol. The van der Waals surface area contributed by atoms with Crippen molar-refractivity contribution in [3.8, 4) is 0 Å². The predicted octanol–water partition coefficient (Wildman–Crippen LogP) is 4.09. The maximum Gasteiger partial charge on any atom is 0.277 e. The first-order chi connectivity index (χ1) is 13.6. The fourth-order valence-corrected chi connectivity index (χ4v) is 6.43. The number of carbonyl (C=O) groups is 1. The number of rotatable bonds is 6. The summed E-state index contributed by atoms with van der Waals surface area (Å²) in [5.74, 6) is 3.11. The van der Waals surface area contributed by atoms with Gasteiger partial charge in [-0.1, -0.05) is 23.9 Å². The molecule has 4 saturated carbocycles. The molecule has 7 heteroatoms. The van der Waals surface area contributed by atoms with Gasteiger partial charge in [0.2, 0.25) is 11.8 Å². The molecule has 6 rings (SSSR count). The molecule has 0 aliphatic heterocycles. The van der Waals surface area contributed by atoms with Gasteiger partial charge in [-0.15, -0.1) is 10.2 Å². The number of aromatic nitrogens is 2. The van der Waals surface area contributed by atoms with Crippen LogP contribution >= 0.6 is 11.8 Å². The van der Waals surface area contributed by atoms with Gasteiger partial charge in [-0.25, -0.2) is 4.39 Å². The quantitative estimate of drug-likeness (QED) is 0.739. The molecule has 28 heavy (non-hydrogen) atoms. The van der Waals surface area contributed by atoms with E-state index in [1.54, 1.807) is 12.1 Å². The van der Waals surface area contributed by atoms with Crippen LogP contribution in [-0.2, 0) is 16.8 Å². The molecule has 1 aromatic heterocycles. The lowest BCUT2D eigenvalue weighted by Crippen LogP contribution is -2.48. The number of hydrogen-bond donors (Lipinski definition) is 1. The summed E-state index contributed by atoms with van der Waals surface area (Å²) in [4.78, 5) is 12.1. The standard InChI is InChI=1S/C21H24FN3O2S/c22-17-3-1-13(2-4-17)11-23-18(26)12-28-20-25-24-19(27-20)21-8-14-5-15(9-21)7-16(6-14)10-21/h1-4,14-16H,5-12H2,(H,23,26). The molecule has 2 aromatic rings. The maximum atomic E-state index is 12.9. The summed E-state index contributed by atoms with van der Waals surface area (Å²) in [5.41, 5.74) is 0.951. The number of hydrogen-bond acceptors (Lipinski definition) is 5. The highest BCUT2D eigenvalue weighted by molar-refractivity contribution is 7.99. The van der Waals surface area contributed by atoms with E-state index in [0.717, 1.165) is 29.2 Å². The molecule has 0 spiro atoms. The second kappa shape index (κ2) is 7.17. The van der Waals surface area contributed by atoms with E-state index in [1.807, 2.05) is 0 Å². The average molecular weight is 402 g/mol. The topological polar surface area (TPSA) is 68.0 Å². The van der Waals surface area contributed by atoms with E-state index in [0.29, 0.717) is 11.8 Å². The highest BCUT2D eigenvalue weighted by Gasteiger charge is 2.54. The summed E-state index contributed by atoms with van der Waals surface area (Å²) in [6.07, 6.45) is 7.69. The number of nitrogens with zero attached hydrogens (tertiary/aromatic N) is 2. The molecule has 0 unspecified atom stereocenters. The summed E-state index contributed by atoms with van der Waals surface area (Å²) >= 11 is 1.28. The minimum absolute atomic E-state index is 0.0887. The lowest BCUT2D eigenvalue weighted by molar-refractivity contribution is -0.118. The van der Waals surface area contributed by atoms with Crippen molar-refractivity contribution in [2.24, 2.45) is 17.8 Å². The molecule has 4 aliphatic carbocycles. The lowest BCUT2D eigenvalue weighted by Gasteiger charge is -2.55. The van der Waals surface area contributed by atoms with Gasteiger partial charge in [0.05, 0.1) is 5.75 Å². The molecular formula is C21H24FN3O2S. The number of nitrogens with one attached hydrogen (secondary N) is 1. The fraction of sp³-hybridized carbons (Fsp3) is 0.571. The zero-order chi connectivity index (χ0) is 19.1. The number of amides is 1. The molecular weight excluding hydrogens is 377 g/mol. The summed E-state index contributed by atoms with van der Waals surface area (Å²) < 4.78 is 18.9. The van der Waals surface area contributed by atoms with Crippen LogP contribution < -0.4 is 5.32 Å². The second-order valence-corrected chi connectivity index (χ2v) is 9.69. The highest BCUT2D eigenvalue weighted by Crippen LogP contribution is 2.60. The van der Waals surface area contributed by atoms with E-state index in [9.17, 15) is 9.18 Å². The highest BCUT2D eigenvalue weighted by atomic mass is 32.2. The van der Waals surface area contributed by atoms with Crippen LogP contribution in [0.1, 0.15) is 50.0 Å². The van der Waals surface area contributed by atoms with E-state index in [4.69, 9.17) is 4.42 Å². The van der Waals surface area contributed by atoms with Crippen molar-refractivity contribution in [1.82, 2.24) is 15.5 Å². The van der Waals surface area contributed by atoms with Crippen LogP contribution in [0.5, 0.6) is 0 Å². The van der Waals surface area contributed by atoms with Crippen molar-refractivity contribution in [2.75, 3.05) is 5.75 Å². The Morgan fingerprint density at radius 2 is 1.75 bits per heavy atom. The number of thioether (sulfide) groups is 1. The molecule has 4 aliphatic rings. The number of carbonyl (C=O) groups excluding carboxylic acids is 1. The average Bonchev–Trinajstić information content (AvgIpc) is 3.15. The van der Waals surface area contributed by atoms with Crippen LogP contribution in [0.3, 0.4) is 0 Å². The van der Waals surface area contributed by atoms with Crippen LogP contribution in [0.15, 0.2) is 33.9 Å². The number of halogens is 1. The SMILES string of the molecule is O=C(CSc1nnc(C23CC4CC(CC(C4)C2)C3)o1)NCc1ccc(F)cc1. The first-order valence-corrected chi connectivity index (χ1v) is 11.0. The Hall–Kier alpha value is -1.89. The van der Waals surface area contributed by atoms with Crippen molar-refractivity contribution >= 4 is 17.7 Å². The minimum Gasteiger partial charge on any atom is -0.415 e. The molecule has 0 radical (unpaired) electrons. The Kier molecular flexibility index (Phi) is 4.65. The van der Waals surface area contributed by atoms with Crippen molar-refractivity contribution in [3.05, 3.63) is 41.5 Å². The van der Waals surface area contributed by atoms with Crippen molar-refractivity contribution in [2.45, 2.75) is 55.7 Å². The third kappa shape index (κ3) is 3.56. The van der Waals surface area contributed by atoms with Gasteiger partial charge in [-0.3, -0.25) is 4.79 Å². The zero-order valence-corrected chi connectivity index (χ0v) is 16.5. The van der Waals surface area contributed by atoms with Gasteiger partial charge in [-0.05, 0) is 74.0 Å². The van der Waals surface area contributed by atoms with E-state index in [2.05, 4.69) is 15.5 Å². The molecule has 1 amide bonds. The Labute approximate surface area is 167 Å². The van der Waals surface area contributed by atoms with Crippen molar-refractivity contribution in [3.63, 3.8) is 0 Å². The summed E-state index contributed by atoms with van der Waals surface area (Å²) in [7, 11) is 0. The largest absolute Gasteiger partial charge is 0.415 e. The molecule has 0 saturated heterocycles. The van der Waals surface area contributed by atoms with Crippen molar-refractivity contribution < 1.29 is 13.6 Å². The van der Waals surface area contributed by atoms with Crippen LogP contribution in [0.2, 0.25) is 0 Å². The van der Waals surface area contributed by atoms with Crippen LogP contribution in [0.25, 0.3) is 0 Å². The van der Waals surface area contributed by atoms with Crippen LogP contribution in [0, 0.1) is 23.6 Å². The molecule has 1 N–H and O–H groups in total. The smallest absolute Gasteiger partial charge is 0.277 e. The van der Waals surface area contributed by atoms with Gasteiger partial charge in [-0.2, -0.15) is 0 Å². The second-order valence-electron chi connectivity index (χ2n) is 8.76. The normalized spacial score (nSPS) is 30.5. The molecule has 1 heterocycles. The van der Waals surface area contributed by atoms with E-state index in [-0.39, 0.29) is 22.9 Å². The van der Waals surface area contributed by atoms with E-state index < -0.39 is 0 Å². The van der Waals surface area contributed by atoms with Gasteiger partial charge in [0, 0.05) is 12.0 Å². The van der Waals surface area contributed by atoms with Crippen LogP contribution in [0.4, 0.5) is 4.39 Å². The molecule has 4 fully saturated rings. The Bertz CT molecular complexity index is 832. The molecule has 148 valence electrons. The Balaban J connectivity index is 1.16. The lowest BCUT2D eigenvalue weighted by atomic mass is 9.49. The summed E-state index contributed by atoms with van der Waals surface area (Å²) in [6, 6.07) is 6.11. The molecule has 1 aromatic carbocycles. The monoisotopic (exact) mass is 401 g/mol. The molecule has 5 nitrogen and oxygen atoms in total. The minimum atomic E-state index is -0.281. The summed E-state index contributed by atoms with van der Waals surface area (Å²) in [5, 5.41) is 11.9. The van der Waals surface area contributed by atoms with Gasteiger partial charge in [0.25, 0.3) is 5.22 Å². The molecule has 4 bridgehead atoms. The van der Waals surface area contributed by atoms with E-state index >= 15 is 0 Å². The van der Waals surface area contributed by atoms with Gasteiger partial charge in [0.15, 0.2) is 0 Å². The van der Waals surface area contributed by atoms with Gasteiger partial charge >= 0.3 is 0 Å². The Morgan fingerprint density at radius 3 is 2.39 bits per heavy atom. The van der Waals surface area contributed by atoms with E-state index in [1.165, 1.54) is 62.4 Å². The van der Waals surface area contributed by atoms with Gasteiger partial charge in [0.1, 0.15) is 5.82 Å². The molecule has 0 atom stereocenters. The van der Waals surface area contributed by atoms with Crippen molar-refractivity contribution in [1.29, 1.82) is 0 Å². The number of benzene rings is 1. The third-order valence-corrected chi connectivity index (χ3v) is 7.45. The summed E-state index contributed by atoms with van der Waals surface area (Å²) in [6.45, 7) is 0.377. The first kappa shape index (κ1) is 18.2. The first-order valence-electron chi connectivity index (χ1n) is 10.1.